The highest BCUT2D eigenvalue weighted by Gasteiger charge is 2.52. The standard InChI is InChI=1S/C19H16F3N3O2/c1-25(2)16-11-7-8-14(19(20,21)22)23-15(11)18(17(26)24-16)9-10-27-13-6-4-3-5-12(13)18/h3-8H,9-10H2,1-2H3/t18-/m0/s1. The number of carbonyl (C=O) groups excluding carboxylic acids is 1. The second-order valence-electron chi connectivity index (χ2n) is 6.73. The first-order valence-corrected chi connectivity index (χ1v) is 8.37. The molecule has 0 unspecified atom stereocenters. The smallest absolute Gasteiger partial charge is 0.433 e. The summed E-state index contributed by atoms with van der Waals surface area (Å²) >= 11 is 0. The summed E-state index contributed by atoms with van der Waals surface area (Å²) in [6, 6.07) is 9.13. The summed E-state index contributed by atoms with van der Waals surface area (Å²) in [7, 11) is 3.37. The molecule has 4 rings (SSSR count). The van der Waals surface area contributed by atoms with Gasteiger partial charge >= 0.3 is 6.18 Å². The van der Waals surface area contributed by atoms with Crippen LogP contribution in [-0.4, -0.2) is 42.3 Å². The summed E-state index contributed by atoms with van der Waals surface area (Å²) in [6.07, 6.45) is -4.44. The summed E-state index contributed by atoms with van der Waals surface area (Å²) in [5.74, 6) is 0.234. The van der Waals surface area contributed by atoms with E-state index < -0.39 is 23.2 Å². The Labute approximate surface area is 153 Å². The van der Waals surface area contributed by atoms with Crippen LogP contribution in [0.1, 0.15) is 28.9 Å². The lowest BCUT2D eigenvalue weighted by Crippen LogP contribution is -2.47. The summed E-state index contributed by atoms with van der Waals surface area (Å²) in [5.41, 5.74) is -1.42. The van der Waals surface area contributed by atoms with Crippen LogP contribution < -0.4 is 4.74 Å². The zero-order valence-corrected chi connectivity index (χ0v) is 14.7. The molecule has 3 heterocycles. The minimum atomic E-state index is -4.61. The molecule has 2 aliphatic heterocycles. The van der Waals surface area contributed by atoms with Crippen molar-refractivity contribution in [2.75, 3.05) is 20.7 Å². The molecule has 1 spiro atoms. The highest BCUT2D eigenvalue weighted by Crippen LogP contribution is 2.47. The van der Waals surface area contributed by atoms with Gasteiger partial charge in [0.1, 0.15) is 22.7 Å². The molecular formula is C19H16F3N3O2. The van der Waals surface area contributed by atoms with Crippen LogP contribution in [0.25, 0.3) is 0 Å². The molecule has 0 saturated heterocycles. The Bertz CT molecular complexity index is 969. The predicted octanol–water partition coefficient (Wildman–Crippen LogP) is 3.02. The fourth-order valence-electron chi connectivity index (χ4n) is 3.68. The third-order valence-corrected chi connectivity index (χ3v) is 4.91. The fourth-order valence-corrected chi connectivity index (χ4v) is 3.68. The third-order valence-electron chi connectivity index (χ3n) is 4.91. The van der Waals surface area contributed by atoms with E-state index in [-0.39, 0.29) is 18.7 Å². The van der Waals surface area contributed by atoms with Crippen molar-refractivity contribution >= 4 is 11.7 Å². The number of pyridine rings is 1. The van der Waals surface area contributed by atoms with Gasteiger partial charge in [0.15, 0.2) is 0 Å². The van der Waals surface area contributed by atoms with E-state index >= 15 is 0 Å². The maximum atomic E-state index is 13.3. The number of amides is 1. The molecule has 0 radical (unpaired) electrons. The van der Waals surface area contributed by atoms with Gasteiger partial charge < -0.3 is 9.64 Å². The van der Waals surface area contributed by atoms with Gasteiger partial charge in [0.05, 0.1) is 12.3 Å². The van der Waals surface area contributed by atoms with E-state index in [4.69, 9.17) is 4.74 Å². The molecule has 0 fully saturated rings. The van der Waals surface area contributed by atoms with Gasteiger partial charge in [-0.1, -0.05) is 18.2 Å². The lowest BCUT2D eigenvalue weighted by molar-refractivity contribution is -0.141. The van der Waals surface area contributed by atoms with E-state index in [1.807, 2.05) is 0 Å². The van der Waals surface area contributed by atoms with Gasteiger partial charge in [0.25, 0.3) is 5.91 Å². The number of fused-ring (bicyclic) bond motifs is 4. The van der Waals surface area contributed by atoms with E-state index in [0.717, 1.165) is 6.07 Å². The van der Waals surface area contributed by atoms with Crippen molar-refractivity contribution in [2.24, 2.45) is 4.99 Å². The average Bonchev–Trinajstić information content (AvgIpc) is 2.63. The summed E-state index contributed by atoms with van der Waals surface area (Å²) in [6.45, 7) is 0.187. The van der Waals surface area contributed by atoms with Crippen LogP contribution in [0.4, 0.5) is 13.2 Å². The monoisotopic (exact) mass is 375 g/mol. The Hall–Kier alpha value is -2.90. The number of benzene rings is 1. The molecular weight excluding hydrogens is 359 g/mol. The first-order chi connectivity index (χ1) is 12.7. The van der Waals surface area contributed by atoms with Gasteiger partial charge in [-0.15, -0.1) is 0 Å². The molecule has 2 aromatic rings. The second kappa shape index (κ2) is 5.80. The van der Waals surface area contributed by atoms with Crippen LogP contribution in [0.2, 0.25) is 0 Å². The van der Waals surface area contributed by atoms with Gasteiger partial charge in [-0.05, 0) is 18.2 Å². The van der Waals surface area contributed by atoms with Crippen molar-refractivity contribution in [3.63, 3.8) is 0 Å². The van der Waals surface area contributed by atoms with Crippen molar-refractivity contribution in [3.05, 3.63) is 58.9 Å². The van der Waals surface area contributed by atoms with E-state index in [9.17, 15) is 18.0 Å². The highest BCUT2D eigenvalue weighted by molar-refractivity contribution is 6.13. The molecule has 5 nitrogen and oxygen atoms in total. The second-order valence-corrected chi connectivity index (χ2v) is 6.73. The number of ether oxygens (including phenoxy) is 1. The van der Waals surface area contributed by atoms with Gasteiger partial charge in [0.2, 0.25) is 0 Å². The Balaban J connectivity index is 2.06. The summed E-state index contributed by atoms with van der Waals surface area (Å²) in [4.78, 5) is 22.9. The average molecular weight is 375 g/mol. The highest BCUT2D eigenvalue weighted by atomic mass is 19.4. The molecule has 0 aliphatic carbocycles. The Morgan fingerprint density at radius 3 is 2.59 bits per heavy atom. The van der Waals surface area contributed by atoms with E-state index in [1.54, 1.807) is 43.3 Å². The molecule has 8 heteroatoms. The van der Waals surface area contributed by atoms with Crippen molar-refractivity contribution in [1.29, 1.82) is 0 Å². The molecule has 0 saturated carbocycles. The van der Waals surface area contributed by atoms with Gasteiger partial charge in [-0.3, -0.25) is 4.79 Å². The SMILES string of the molecule is CN(C)C1=NC(=O)[C@]2(CCOc3ccccc32)c2nc(C(F)(F)F)ccc21. The Kier molecular flexibility index (Phi) is 3.76. The first kappa shape index (κ1) is 17.5. The summed E-state index contributed by atoms with van der Waals surface area (Å²) in [5, 5.41) is 0. The minimum Gasteiger partial charge on any atom is -0.493 e. The maximum Gasteiger partial charge on any atom is 0.433 e. The number of carbonyl (C=O) groups is 1. The fraction of sp³-hybridized carbons (Fsp3) is 0.316. The van der Waals surface area contributed by atoms with Crippen molar-refractivity contribution in [3.8, 4) is 5.75 Å². The van der Waals surface area contributed by atoms with Crippen molar-refractivity contribution < 1.29 is 22.7 Å². The largest absolute Gasteiger partial charge is 0.493 e. The molecule has 1 aromatic carbocycles. The van der Waals surface area contributed by atoms with Crippen LogP contribution in [0.15, 0.2) is 41.4 Å². The molecule has 1 atom stereocenters. The number of alkyl halides is 3. The first-order valence-electron chi connectivity index (χ1n) is 8.37. The molecule has 140 valence electrons. The number of nitrogens with zero attached hydrogens (tertiary/aromatic N) is 3. The predicted molar refractivity (Wildman–Crippen MR) is 91.8 cm³/mol. The van der Waals surface area contributed by atoms with Gasteiger partial charge in [-0.2, -0.15) is 18.2 Å². The van der Waals surface area contributed by atoms with E-state index in [0.29, 0.717) is 22.7 Å². The zero-order valence-electron chi connectivity index (χ0n) is 14.7. The number of aromatic nitrogens is 1. The van der Waals surface area contributed by atoms with Crippen LogP contribution in [0, 0.1) is 0 Å². The molecule has 2 aliphatic rings. The lowest BCUT2D eigenvalue weighted by Gasteiger charge is -2.40. The lowest BCUT2D eigenvalue weighted by atomic mass is 9.69. The van der Waals surface area contributed by atoms with Crippen LogP contribution in [0.5, 0.6) is 5.75 Å². The molecule has 1 aromatic heterocycles. The molecule has 1 amide bonds. The minimum absolute atomic E-state index is 0.0803. The number of rotatable bonds is 0. The quantitative estimate of drug-likeness (QED) is 0.710. The van der Waals surface area contributed by atoms with Crippen LogP contribution >= 0.6 is 0 Å². The van der Waals surface area contributed by atoms with Crippen molar-refractivity contribution in [2.45, 2.75) is 18.0 Å². The summed E-state index contributed by atoms with van der Waals surface area (Å²) < 4.78 is 45.7. The number of para-hydroxylation sites is 1. The Morgan fingerprint density at radius 2 is 1.89 bits per heavy atom. The number of halogens is 3. The number of hydrogen-bond donors (Lipinski definition) is 0. The molecule has 0 bridgehead atoms. The van der Waals surface area contributed by atoms with Gasteiger partial charge in [-0.25, -0.2) is 4.98 Å². The maximum absolute atomic E-state index is 13.3. The van der Waals surface area contributed by atoms with Gasteiger partial charge in [0, 0.05) is 31.6 Å². The topological polar surface area (TPSA) is 54.8 Å². The normalized spacial score (nSPS) is 21.2. The third kappa shape index (κ3) is 2.50. The number of hydrogen-bond acceptors (Lipinski definition) is 4. The molecule has 0 N–H and O–H groups in total. The van der Waals surface area contributed by atoms with Crippen molar-refractivity contribution in [1.82, 2.24) is 9.88 Å². The zero-order chi connectivity index (χ0) is 19.4. The number of amidine groups is 1. The molecule has 27 heavy (non-hydrogen) atoms. The Morgan fingerprint density at radius 1 is 1.15 bits per heavy atom. The van der Waals surface area contributed by atoms with Crippen LogP contribution in [-0.2, 0) is 16.4 Å². The number of aliphatic imine (C=N–C) groups is 1. The van der Waals surface area contributed by atoms with E-state index in [2.05, 4.69) is 9.98 Å². The van der Waals surface area contributed by atoms with E-state index in [1.165, 1.54) is 6.07 Å². The van der Waals surface area contributed by atoms with Crippen LogP contribution in [0.3, 0.4) is 0 Å².